The van der Waals surface area contributed by atoms with E-state index in [1.54, 1.807) is 12.1 Å². The first-order valence-corrected chi connectivity index (χ1v) is 31.4. The van der Waals surface area contributed by atoms with Crippen LogP contribution in [0, 0.1) is 13.8 Å². The summed E-state index contributed by atoms with van der Waals surface area (Å²) in [5.74, 6) is -0.447. The van der Waals surface area contributed by atoms with Gasteiger partial charge in [-0.05, 0) is 179 Å². The number of carbonyl (C=O) groups is 2. The lowest BCUT2D eigenvalue weighted by atomic mass is 9.95. The van der Waals surface area contributed by atoms with Crippen molar-refractivity contribution in [3.63, 3.8) is 0 Å². The molecule has 436 valence electrons. The van der Waals surface area contributed by atoms with E-state index in [9.17, 15) is 19.8 Å². The van der Waals surface area contributed by atoms with Crippen molar-refractivity contribution in [3.05, 3.63) is 278 Å². The SMILES string of the molecule is Cc1ccccc1N(CCCN(C)C)c1c(C)ccc2ccccc12.O=C(CC(c1ccccc1)N1CCCCC1)c1ccccc1.O=C(c1cc(Br)ccc1O)c1cc(Br)ccc1O.Sc1ccc2ccccc2c1CCCc1ccccc1. The standard InChI is InChI=1S/C23H28N2.C20H23NO.C19H18S.C13H8Br2O3/c1-18-10-5-8-13-22(18)25(17-9-16-24(3)4)23-19(2)14-15-20-11-6-7-12-21(20)23;22-20(18-12-6-2-7-13-18)16-19(17-10-4-1-5-11-17)21-14-8-3-9-15-21;20-19-14-13-16-10-4-5-11-17(16)18(19)12-6-9-15-7-2-1-3-8-15;14-7-1-3-11(16)9(5-7)13(18)10-6-8(15)2-4-12(10)17/h5-8,10-15H,9,16-17H2,1-4H3;1-2,4-7,10-13,19H,3,8-9,14-16H2;1-5,7-8,10-11,13-14,20H,6,9,12H2;1-6,16-17H. The van der Waals surface area contributed by atoms with Crippen LogP contribution in [-0.2, 0) is 12.8 Å². The van der Waals surface area contributed by atoms with Crippen LogP contribution in [0.15, 0.2) is 238 Å². The maximum Gasteiger partial charge on any atom is 0.200 e. The summed E-state index contributed by atoms with van der Waals surface area (Å²) in [5.41, 5.74) is 10.4. The van der Waals surface area contributed by atoms with Crippen LogP contribution >= 0.6 is 44.5 Å². The Hall–Kier alpha value is -7.31. The maximum atomic E-state index is 12.6. The third-order valence-corrected chi connectivity index (χ3v) is 16.8. The molecule has 1 unspecified atom stereocenters. The Morgan fingerprint density at radius 1 is 0.553 bits per heavy atom. The van der Waals surface area contributed by atoms with E-state index in [1.807, 2.05) is 36.4 Å². The van der Waals surface area contributed by atoms with Crippen LogP contribution in [0.1, 0.15) is 98.7 Å². The summed E-state index contributed by atoms with van der Waals surface area (Å²) in [7, 11) is 4.28. The first-order chi connectivity index (χ1) is 41.2. The van der Waals surface area contributed by atoms with Gasteiger partial charge in [0, 0.05) is 49.5 Å². The van der Waals surface area contributed by atoms with Crippen molar-refractivity contribution in [1.82, 2.24) is 9.80 Å². The quantitative estimate of drug-likeness (QED) is 0.0619. The molecule has 0 bridgehead atoms. The number of hydrogen-bond acceptors (Lipinski definition) is 8. The molecule has 10 aromatic carbocycles. The highest BCUT2D eigenvalue weighted by Crippen LogP contribution is 2.38. The van der Waals surface area contributed by atoms with Gasteiger partial charge in [-0.25, -0.2) is 0 Å². The van der Waals surface area contributed by atoms with Gasteiger partial charge in [-0.2, -0.15) is 0 Å². The molecule has 7 nitrogen and oxygen atoms in total. The molecule has 0 aromatic heterocycles. The van der Waals surface area contributed by atoms with Crippen molar-refractivity contribution in [1.29, 1.82) is 0 Å². The Morgan fingerprint density at radius 3 is 1.72 bits per heavy atom. The summed E-state index contributed by atoms with van der Waals surface area (Å²) in [4.78, 5) is 33.2. The second-order valence-electron chi connectivity index (χ2n) is 21.8. The Kier molecular flexibility index (Phi) is 24.2. The predicted octanol–water partition coefficient (Wildman–Crippen LogP) is 19.2. The van der Waals surface area contributed by atoms with Gasteiger partial charge in [0.25, 0.3) is 0 Å². The first kappa shape index (κ1) is 63.7. The van der Waals surface area contributed by atoms with Crippen LogP contribution in [0.25, 0.3) is 21.5 Å². The second kappa shape index (κ2) is 32.3. The van der Waals surface area contributed by atoms with Gasteiger partial charge in [-0.1, -0.05) is 214 Å². The Bertz CT molecular complexity index is 3710. The zero-order chi connectivity index (χ0) is 60.1. The number of nitrogens with zero attached hydrogens (tertiary/aromatic N) is 3. The van der Waals surface area contributed by atoms with Crippen LogP contribution in [0.2, 0.25) is 0 Å². The van der Waals surface area contributed by atoms with Gasteiger partial charge in [-0.15, -0.1) is 12.6 Å². The number of aryl methyl sites for hydroxylation is 4. The van der Waals surface area contributed by atoms with Gasteiger partial charge in [0.2, 0.25) is 5.78 Å². The van der Waals surface area contributed by atoms with E-state index in [0.717, 1.165) is 62.3 Å². The molecule has 10 heteroatoms. The van der Waals surface area contributed by atoms with E-state index >= 15 is 0 Å². The number of ketones is 2. The number of para-hydroxylation sites is 1. The third kappa shape index (κ3) is 18.1. The molecule has 1 saturated heterocycles. The van der Waals surface area contributed by atoms with Crippen LogP contribution < -0.4 is 4.90 Å². The average Bonchev–Trinajstić information content (AvgIpc) is 3.65. The minimum atomic E-state index is -0.437. The molecule has 0 aliphatic carbocycles. The van der Waals surface area contributed by atoms with Crippen molar-refractivity contribution in [3.8, 4) is 11.5 Å². The summed E-state index contributed by atoms with van der Waals surface area (Å²) < 4.78 is 1.36. The van der Waals surface area contributed by atoms with E-state index in [0.29, 0.717) is 15.4 Å². The molecule has 85 heavy (non-hydrogen) atoms. The van der Waals surface area contributed by atoms with Crippen molar-refractivity contribution in [2.24, 2.45) is 0 Å². The zero-order valence-electron chi connectivity index (χ0n) is 49.2. The van der Waals surface area contributed by atoms with E-state index in [1.165, 1.54) is 104 Å². The van der Waals surface area contributed by atoms with Gasteiger partial charge >= 0.3 is 0 Å². The van der Waals surface area contributed by atoms with Crippen molar-refractivity contribution >= 4 is 89.0 Å². The van der Waals surface area contributed by atoms with Crippen LogP contribution in [-0.4, -0.2) is 71.9 Å². The minimum absolute atomic E-state index is 0.123. The van der Waals surface area contributed by atoms with E-state index in [4.69, 9.17) is 0 Å². The van der Waals surface area contributed by atoms with Gasteiger partial charge in [0.15, 0.2) is 5.78 Å². The summed E-state index contributed by atoms with van der Waals surface area (Å²) in [6, 6.07) is 74.9. The van der Waals surface area contributed by atoms with Crippen molar-refractivity contribution in [2.45, 2.75) is 76.2 Å². The van der Waals surface area contributed by atoms with Crippen molar-refractivity contribution in [2.75, 3.05) is 45.2 Å². The van der Waals surface area contributed by atoms with Gasteiger partial charge in [0.05, 0.1) is 16.8 Å². The first-order valence-electron chi connectivity index (χ1n) is 29.3. The fraction of sp³-hybridized carbons (Fsp3) is 0.227. The number of phenolic OH excluding ortho intramolecular Hbond substituents is 2. The number of piperidine rings is 1. The number of rotatable bonds is 17. The summed E-state index contributed by atoms with van der Waals surface area (Å²) >= 11 is 11.1. The van der Waals surface area contributed by atoms with Crippen molar-refractivity contribution < 1.29 is 19.8 Å². The Balaban J connectivity index is 0.000000149. The monoisotopic (exact) mass is 1270 g/mol. The van der Waals surface area contributed by atoms with Crippen LogP contribution in [0.3, 0.4) is 0 Å². The summed E-state index contributed by atoms with van der Waals surface area (Å²) in [6.07, 6.45) is 8.84. The van der Waals surface area contributed by atoms with E-state index in [2.05, 4.69) is 239 Å². The predicted molar refractivity (Wildman–Crippen MR) is 365 cm³/mol. The number of aromatic hydroxyl groups is 2. The number of phenols is 2. The van der Waals surface area contributed by atoms with Gasteiger partial charge < -0.3 is 20.0 Å². The Labute approximate surface area is 525 Å². The number of thiol groups is 1. The number of hydrogen-bond donors (Lipinski definition) is 3. The number of halogens is 2. The number of anilines is 2. The molecule has 0 saturated carbocycles. The molecule has 1 aliphatic rings. The highest BCUT2D eigenvalue weighted by atomic mass is 79.9. The number of fused-ring (bicyclic) bond motifs is 2. The maximum absolute atomic E-state index is 12.6. The molecular weight excluding hydrogens is 1200 g/mol. The number of Topliss-reactive ketones (excluding diaryl/α,β-unsaturated/α-hetero) is 1. The molecule has 10 aromatic rings. The lowest BCUT2D eigenvalue weighted by molar-refractivity contribution is 0.0894. The molecule has 0 radical (unpaired) electrons. The second-order valence-corrected chi connectivity index (χ2v) is 24.2. The Morgan fingerprint density at radius 2 is 1.09 bits per heavy atom. The highest BCUT2D eigenvalue weighted by Gasteiger charge is 2.25. The zero-order valence-corrected chi connectivity index (χ0v) is 53.2. The van der Waals surface area contributed by atoms with Gasteiger partial charge in [0.1, 0.15) is 11.5 Å². The fourth-order valence-electron chi connectivity index (χ4n) is 11.0. The lowest BCUT2D eigenvalue weighted by Gasteiger charge is -2.34. The van der Waals surface area contributed by atoms with Crippen LogP contribution in [0.5, 0.6) is 11.5 Å². The molecule has 1 atom stereocenters. The number of carbonyl (C=O) groups excluding carboxylic acids is 2. The molecule has 1 fully saturated rings. The molecule has 2 N–H and O–H groups in total. The average molecular weight is 1280 g/mol. The normalized spacial score (nSPS) is 12.5. The number of benzene rings is 10. The molecule has 0 amide bonds. The molecular formula is C75H77Br2N3O4S. The van der Waals surface area contributed by atoms with E-state index in [-0.39, 0.29) is 34.5 Å². The van der Waals surface area contributed by atoms with E-state index < -0.39 is 5.78 Å². The van der Waals surface area contributed by atoms with Gasteiger partial charge in [-0.3, -0.25) is 14.5 Å². The fourth-order valence-corrected chi connectivity index (χ4v) is 12.0. The summed E-state index contributed by atoms with van der Waals surface area (Å²) in [5, 5.41) is 24.7. The molecule has 0 spiro atoms. The largest absolute Gasteiger partial charge is 0.507 e. The number of likely N-dealkylation sites (tertiary alicyclic amines) is 1. The molecule has 11 rings (SSSR count). The highest BCUT2D eigenvalue weighted by molar-refractivity contribution is 9.10. The summed E-state index contributed by atoms with van der Waals surface area (Å²) in [6.45, 7) is 8.72. The minimum Gasteiger partial charge on any atom is -0.507 e. The van der Waals surface area contributed by atoms with Crippen LogP contribution in [0.4, 0.5) is 11.4 Å². The lowest BCUT2D eigenvalue weighted by Crippen LogP contribution is -2.35. The smallest absolute Gasteiger partial charge is 0.200 e. The molecule has 1 aliphatic heterocycles. The topological polar surface area (TPSA) is 84.3 Å². The third-order valence-electron chi connectivity index (χ3n) is 15.4. The molecule has 1 heterocycles.